The average Bonchev–Trinajstić information content (AvgIpc) is 0. The Morgan fingerprint density at radius 1 is 1.00 bits per heavy atom. The molecule has 0 aliphatic rings. The molecule has 0 atom stereocenters. The van der Waals surface area contributed by atoms with Crippen LogP contribution in [-0.4, -0.2) is 97.6 Å². The van der Waals surface area contributed by atoms with Crippen molar-refractivity contribution < 1.29 is 17.4 Å². The summed E-state index contributed by atoms with van der Waals surface area (Å²) in [5.74, 6) is 0. The normalized spacial score (nSPS) is 0. The first-order chi connectivity index (χ1) is 0. The van der Waals surface area contributed by atoms with Crippen molar-refractivity contribution in [2.45, 2.75) is 0 Å². The van der Waals surface area contributed by atoms with Gasteiger partial charge in [0.25, 0.3) is 0 Å². The first-order valence-corrected chi connectivity index (χ1v) is 0. The monoisotopic (exact) mass is 536 g/mol. The van der Waals surface area contributed by atoms with E-state index in [0.29, 0.717) is 0 Å². The van der Waals surface area contributed by atoms with Crippen LogP contribution in [0.2, 0.25) is 0 Å². The van der Waals surface area contributed by atoms with Gasteiger partial charge in [-0.25, -0.2) is 0 Å². The van der Waals surface area contributed by atoms with Crippen molar-refractivity contribution in [3.63, 3.8) is 0 Å². The van der Waals surface area contributed by atoms with Gasteiger partial charge in [-0.15, -0.1) is 0 Å². The summed E-state index contributed by atoms with van der Waals surface area (Å²) in [6, 6.07) is 0. The maximum absolute atomic E-state index is 0. The number of hydrogen-bond donors (Lipinski definition) is 0. The standard InChI is InChI=1S/Bi.Cr.Mg.Sb.Sn.10H. The van der Waals surface area contributed by atoms with Crippen LogP contribution >= 0.6 is 0 Å². The van der Waals surface area contributed by atoms with Crippen molar-refractivity contribution in [1.82, 2.24) is 0 Å². The van der Waals surface area contributed by atoms with Gasteiger partial charge < -0.3 is 0 Å². The van der Waals surface area contributed by atoms with Gasteiger partial charge in [0.1, 0.15) is 0 Å². The van der Waals surface area contributed by atoms with Gasteiger partial charge in [-0.2, -0.15) is 0 Å². The molecule has 5 heavy (non-hydrogen) atoms. The summed E-state index contributed by atoms with van der Waals surface area (Å²) < 4.78 is 0. The van der Waals surface area contributed by atoms with Gasteiger partial charge in [-0.3, -0.25) is 0 Å². The molecule has 0 aromatic carbocycles. The van der Waals surface area contributed by atoms with Crippen LogP contribution in [0.15, 0.2) is 0 Å². The van der Waals surface area contributed by atoms with Crippen molar-refractivity contribution in [3.8, 4) is 0 Å². The predicted octanol–water partition coefficient (Wildman–Crippen LogP) is -4.20. The molecule has 0 rings (SSSR count). The quantitative estimate of drug-likeness (QED) is 0.276. The van der Waals surface area contributed by atoms with E-state index in [-0.39, 0.29) is 115 Å². The Balaban J connectivity index is 0. The summed E-state index contributed by atoms with van der Waals surface area (Å²) in [5, 5.41) is 0. The molecule has 0 nitrogen and oxygen atoms in total. The molecule has 0 spiro atoms. The summed E-state index contributed by atoms with van der Waals surface area (Å²) in [7, 11) is 0. The summed E-state index contributed by atoms with van der Waals surface area (Å²) in [6.45, 7) is 0. The molecule has 0 aliphatic heterocycles. The molecular formula is H10BiCrMgSbSn. The fraction of sp³-hybridized carbons (Fsp3) is 0. The molecule has 0 saturated carbocycles. The van der Waals surface area contributed by atoms with Crippen molar-refractivity contribution in [2.24, 2.45) is 0 Å². The molecule has 0 fully saturated rings. The molecular weight excluding hydrogens is 526 g/mol. The van der Waals surface area contributed by atoms with E-state index in [1.807, 2.05) is 0 Å². The van der Waals surface area contributed by atoms with Crippen molar-refractivity contribution in [2.75, 3.05) is 0 Å². The van der Waals surface area contributed by atoms with Crippen molar-refractivity contribution in [1.29, 1.82) is 0 Å². The molecule has 0 unspecified atom stereocenters. The van der Waals surface area contributed by atoms with Crippen LogP contribution in [0.3, 0.4) is 0 Å². The molecule has 0 aromatic heterocycles. The molecule has 0 heterocycles. The van der Waals surface area contributed by atoms with E-state index in [1.165, 1.54) is 0 Å². The minimum atomic E-state index is 0. The third-order valence-electron chi connectivity index (χ3n) is 0. The second-order valence-corrected chi connectivity index (χ2v) is 0. The summed E-state index contributed by atoms with van der Waals surface area (Å²) in [4.78, 5) is 0. The van der Waals surface area contributed by atoms with Gasteiger partial charge in [0.15, 0.2) is 0 Å². The fourth-order valence-corrected chi connectivity index (χ4v) is 0. The Kier molecular flexibility index (Phi) is 185. The number of rotatable bonds is 0. The SMILES string of the molecule is [BiH3].[Cr].[MgH2].[SbH3].[SnH2]. The first-order valence-electron chi connectivity index (χ1n) is 0. The van der Waals surface area contributed by atoms with Gasteiger partial charge in [-0.05, 0) is 0 Å². The molecule has 5 heteroatoms. The van der Waals surface area contributed by atoms with Gasteiger partial charge in [0.2, 0.25) is 0 Å². The van der Waals surface area contributed by atoms with Gasteiger partial charge in [-0.1, -0.05) is 0 Å². The Hall–Kier alpha value is 3.80. The number of hydrogen-bond acceptors (Lipinski definition) is 0. The molecule has 2 radical (unpaired) electrons. The topological polar surface area (TPSA) is 0 Å². The van der Waals surface area contributed by atoms with Crippen molar-refractivity contribution >= 4 is 97.6 Å². The van der Waals surface area contributed by atoms with Gasteiger partial charge in [0.05, 0.1) is 0 Å². The summed E-state index contributed by atoms with van der Waals surface area (Å²) >= 11 is 0. The van der Waals surface area contributed by atoms with E-state index < -0.39 is 0 Å². The zero-order valence-electron chi connectivity index (χ0n) is 2.53. The molecule has 32 valence electrons. The second-order valence-electron chi connectivity index (χ2n) is 0. The Bertz CT molecular complexity index is 11.6. The Morgan fingerprint density at radius 3 is 1.00 bits per heavy atom. The van der Waals surface area contributed by atoms with Crippen LogP contribution in [0, 0.1) is 0 Å². The van der Waals surface area contributed by atoms with Crippen LogP contribution in [0.4, 0.5) is 0 Å². The van der Waals surface area contributed by atoms with E-state index in [2.05, 4.69) is 0 Å². The zero-order valence-corrected chi connectivity index (χ0v) is 17.4. The van der Waals surface area contributed by atoms with Crippen LogP contribution in [0.1, 0.15) is 0 Å². The fourth-order valence-electron chi connectivity index (χ4n) is 0. The molecule has 0 amide bonds. The molecule has 0 bridgehead atoms. The third kappa shape index (κ3) is 18.2. The van der Waals surface area contributed by atoms with Crippen LogP contribution in [0.5, 0.6) is 0 Å². The van der Waals surface area contributed by atoms with E-state index in [4.69, 9.17) is 0 Å². The van der Waals surface area contributed by atoms with Crippen LogP contribution < -0.4 is 0 Å². The van der Waals surface area contributed by atoms with E-state index in [9.17, 15) is 0 Å². The summed E-state index contributed by atoms with van der Waals surface area (Å²) in [5.41, 5.74) is 0. The minimum absolute atomic E-state index is 0. The van der Waals surface area contributed by atoms with E-state index >= 15 is 0 Å². The van der Waals surface area contributed by atoms with Gasteiger partial charge in [0, 0.05) is 17.4 Å². The van der Waals surface area contributed by atoms with Crippen LogP contribution in [-0.2, 0) is 17.4 Å². The Morgan fingerprint density at radius 2 is 1.00 bits per heavy atom. The van der Waals surface area contributed by atoms with E-state index in [1.54, 1.807) is 0 Å². The van der Waals surface area contributed by atoms with Gasteiger partial charge >= 0.3 is 97.6 Å². The van der Waals surface area contributed by atoms with Crippen molar-refractivity contribution in [3.05, 3.63) is 0 Å². The predicted molar refractivity (Wildman–Crippen MR) is 37.0 cm³/mol. The second kappa shape index (κ2) is 25.0. The maximum atomic E-state index is 0. The zero-order chi connectivity index (χ0) is 0. The van der Waals surface area contributed by atoms with Crippen LogP contribution in [0.25, 0.3) is 0 Å². The third-order valence-corrected chi connectivity index (χ3v) is 0. The Labute approximate surface area is 112 Å². The summed E-state index contributed by atoms with van der Waals surface area (Å²) in [6.07, 6.45) is 0. The molecule has 0 aliphatic carbocycles. The first kappa shape index (κ1) is 37.1. The average molecular weight is 536 g/mol. The molecule has 0 saturated heterocycles. The molecule has 0 N–H and O–H groups in total. The molecule has 0 aromatic rings. The van der Waals surface area contributed by atoms with E-state index in [0.717, 1.165) is 0 Å².